The minimum atomic E-state index is 0.0440. The van der Waals surface area contributed by atoms with E-state index in [1.54, 1.807) is 0 Å². The number of amidine groups is 1. The van der Waals surface area contributed by atoms with E-state index in [4.69, 9.17) is 11.0 Å². The third-order valence-electron chi connectivity index (χ3n) is 0.355. The molecule has 0 aromatic carbocycles. The van der Waals surface area contributed by atoms with Gasteiger partial charge in [-0.15, -0.1) is 0 Å². The van der Waals surface area contributed by atoms with Crippen molar-refractivity contribution in [2.24, 2.45) is 10.9 Å². The van der Waals surface area contributed by atoms with Crippen LogP contribution in [-0.4, -0.2) is 11.1 Å². The monoisotopic (exact) mass is 102 g/mol. The molecule has 0 heterocycles. The van der Waals surface area contributed by atoms with E-state index in [9.17, 15) is 0 Å². The van der Waals surface area contributed by atoms with Gasteiger partial charge in [0.2, 0.25) is 0 Å². The van der Waals surface area contributed by atoms with Crippen LogP contribution in [0.2, 0.25) is 0 Å². The molecule has 0 rings (SSSR count). The van der Waals surface area contributed by atoms with Crippen LogP contribution in [-0.2, 0) is 4.99 Å². The van der Waals surface area contributed by atoms with E-state index in [0.29, 0.717) is 0 Å². The fourth-order valence-corrected chi connectivity index (χ4v) is 0.0844. The predicted molar refractivity (Wildman–Crippen MR) is 25.5 cm³/mol. The summed E-state index contributed by atoms with van der Waals surface area (Å²) >= 11 is 0. The van der Waals surface area contributed by atoms with Crippen molar-refractivity contribution in [2.75, 3.05) is 0 Å². The predicted octanol–water partition coefficient (Wildman–Crippen LogP) is -0.0658. The zero-order valence-corrected chi connectivity index (χ0v) is 3.66. The molecular weight excluding hydrogens is 96.0 g/mol. The Morgan fingerprint density at radius 1 is 2.00 bits per heavy atom. The molecule has 0 aliphatic heterocycles. The van der Waals surface area contributed by atoms with E-state index in [0.717, 1.165) is 0 Å². The van der Waals surface area contributed by atoms with Gasteiger partial charge < -0.3 is 5.73 Å². The molecule has 0 spiro atoms. The molecule has 0 amide bonds. The summed E-state index contributed by atoms with van der Waals surface area (Å²) in [7, 11) is 0. The molecule has 0 bridgehead atoms. The Bertz CT molecular complexity index is 88.9. The van der Waals surface area contributed by atoms with Gasteiger partial charge in [0, 0.05) is 0 Å². The number of nitrogens with two attached hydrogens (primary N) is 1. The van der Waals surface area contributed by atoms with Gasteiger partial charge in [-0.25, -0.2) is 4.99 Å². The largest absolute Gasteiger partial charge is 0.381 e. The number of rotatable bonds is 2. The van der Waals surface area contributed by atoms with Crippen LogP contribution >= 0.6 is 0 Å². The molecule has 0 aromatic rings. The number of nitrogens with zero attached hydrogens (tertiary/aromatic N) is 1. The summed E-state index contributed by atoms with van der Waals surface area (Å²) in [4.78, 5) is 3.29. The molecule has 0 unspecified atom stereocenters. The third-order valence-corrected chi connectivity index (χ3v) is 0.355. The first-order valence-corrected chi connectivity index (χ1v) is 1.57. The smallest absolute Gasteiger partial charge is 0.166 e. The Labute approximate surface area is 40.8 Å². The van der Waals surface area contributed by atoms with Gasteiger partial charge in [0.15, 0.2) is 5.84 Å². The van der Waals surface area contributed by atoms with Crippen molar-refractivity contribution in [1.29, 1.82) is 0 Å². The van der Waals surface area contributed by atoms with E-state index in [1.807, 2.05) is 0 Å². The van der Waals surface area contributed by atoms with Crippen molar-refractivity contribution in [3.63, 3.8) is 0 Å². The van der Waals surface area contributed by atoms with Crippen LogP contribution in [0.15, 0.2) is 17.8 Å². The van der Waals surface area contributed by atoms with Crippen molar-refractivity contribution in [3.05, 3.63) is 12.7 Å². The molecule has 0 fully saturated rings. The van der Waals surface area contributed by atoms with Gasteiger partial charge in [0.05, 0.1) is 0 Å². The van der Waals surface area contributed by atoms with Crippen LogP contribution in [0.3, 0.4) is 0 Å². The second-order valence-electron chi connectivity index (χ2n) is 0.802. The molecule has 0 saturated carbocycles. The topological polar surface area (TPSA) is 67.8 Å². The lowest BCUT2D eigenvalue weighted by atomic mass is 10.6. The first-order valence-electron chi connectivity index (χ1n) is 1.57. The van der Waals surface area contributed by atoms with Crippen LogP contribution < -0.4 is 5.73 Å². The Hall–Kier alpha value is -1.03. The third kappa shape index (κ3) is 2.78. The summed E-state index contributed by atoms with van der Waals surface area (Å²) in [6, 6.07) is 0. The zero-order valence-electron chi connectivity index (χ0n) is 3.66. The molecule has 4 nitrogen and oxygen atoms in total. The van der Waals surface area contributed by atoms with Gasteiger partial charge >= 0.3 is 0 Å². The lowest BCUT2D eigenvalue weighted by molar-refractivity contribution is -0.243. The van der Waals surface area contributed by atoms with E-state index in [2.05, 4.69) is 16.7 Å². The summed E-state index contributed by atoms with van der Waals surface area (Å²) < 4.78 is 0. The van der Waals surface area contributed by atoms with Crippen LogP contribution in [0, 0.1) is 0 Å². The SMILES string of the molecule is C=CC(N)=NOO. The van der Waals surface area contributed by atoms with Gasteiger partial charge in [-0.2, -0.15) is 5.26 Å². The van der Waals surface area contributed by atoms with Crippen LogP contribution in [0.25, 0.3) is 0 Å². The Balaban J connectivity index is 3.49. The highest BCUT2D eigenvalue weighted by Crippen LogP contribution is 1.68. The highest BCUT2D eigenvalue weighted by Gasteiger charge is 1.76. The molecule has 0 aliphatic rings. The van der Waals surface area contributed by atoms with Crippen LogP contribution in [0.5, 0.6) is 0 Å². The molecule has 40 valence electrons. The Morgan fingerprint density at radius 2 is 2.57 bits per heavy atom. The maximum absolute atomic E-state index is 7.55. The van der Waals surface area contributed by atoms with Crippen molar-refractivity contribution in [2.45, 2.75) is 0 Å². The van der Waals surface area contributed by atoms with Crippen molar-refractivity contribution >= 4 is 5.84 Å². The fourth-order valence-electron chi connectivity index (χ4n) is 0.0844. The van der Waals surface area contributed by atoms with E-state index >= 15 is 0 Å². The van der Waals surface area contributed by atoms with E-state index in [1.165, 1.54) is 6.08 Å². The van der Waals surface area contributed by atoms with Gasteiger partial charge in [0.25, 0.3) is 0 Å². The van der Waals surface area contributed by atoms with Crippen molar-refractivity contribution < 1.29 is 10.2 Å². The first-order chi connectivity index (χ1) is 3.31. The van der Waals surface area contributed by atoms with E-state index in [-0.39, 0.29) is 5.84 Å². The summed E-state index contributed by atoms with van der Waals surface area (Å²) in [5, 5.41) is 10.4. The van der Waals surface area contributed by atoms with Crippen molar-refractivity contribution in [3.8, 4) is 0 Å². The fraction of sp³-hybridized carbons (Fsp3) is 0. The number of oxime groups is 1. The lowest BCUT2D eigenvalue weighted by Gasteiger charge is -1.82. The van der Waals surface area contributed by atoms with Crippen LogP contribution in [0.1, 0.15) is 0 Å². The summed E-state index contributed by atoms with van der Waals surface area (Å²) in [5.74, 6) is 0.0440. The minimum Gasteiger partial charge on any atom is -0.381 e. The maximum atomic E-state index is 7.55. The molecular formula is C3H6N2O2. The molecule has 3 N–H and O–H groups in total. The molecule has 0 aromatic heterocycles. The molecule has 0 atom stereocenters. The number of hydrogen-bond acceptors (Lipinski definition) is 3. The molecule has 7 heavy (non-hydrogen) atoms. The quantitative estimate of drug-likeness (QED) is 0.222. The average Bonchev–Trinajstić information content (AvgIpc) is 1.68. The molecule has 0 aliphatic carbocycles. The van der Waals surface area contributed by atoms with Gasteiger partial charge in [0.1, 0.15) is 0 Å². The molecule has 0 saturated heterocycles. The summed E-state index contributed by atoms with van der Waals surface area (Å²) in [6.07, 6.45) is 1.25. The normalized spacial score (nSPS) is 10.7. The lowest BCUT2D eigenvalue weighted by Crippen LogP contribution is -2.06. The zero-order chi connectivity index (χ0) is 5.70. The van der Waals surface area contributed by atoms with Crippen LogP contribution in [0.4, 0.5) is 0 Å². The first kappa shape index (κ1) is 5.97. The highest BCUT2D eigenvalue weighted by molar-refractivity contribution is 5.90. The molecule has 4 heteroatoms. The molecule has 0 radical (unpaired) electrons. The van der Waals surface area contributed by atoms with Gasteiger partial charge in [-0.05, 0) is 11.2 Å². The van der Waals surface area contributed by atoms with Crippen molar-refractivity contribution in [1.82, 2.24) is 0 Å². The Morgan fingerprint density at radius 3 is 2.71 bits per heavy atom. The Kier molecular flexibility index (Phi) is 2.70. The second kappa shape index (κ2) is 3.17. The summed E-state index contributed by atoms with van der Waals surface area (Å²) in [6.45, 7) is 3.23. The minimum absolute atomic E-state index is 0.0440. The maximum Gasteiger partial charge on any atom is 0.166 e. The number of hydrogen-bond donors (Lipinski definition) is 2. The van der Waals surface area contributed by atoms with Gasteiger partial charge in [-0.1, -0.05) is 6.58 Å². The van der Waals surface area contributed by atoms with E-state index < -0.39 is 0 Å². The second-order valence-corrected chi connectivity index (χ2v) is 0.802. The highest BCUT2D eigenvalue weighted by atomic mass is 17.2. The average molecular weight is 102 g/mol. The standard InChI is InChI=1S/C3H6N2O2/c1-2-3(4)5-7-6/h2,6H,1H2,(H2,4,5). The summed E-state index contributed by atoms with van der Waals surface area (Å²) in [5.41, 5.74) is 4.93. The van der Waals surface area contributed by atoms with Gasteiger partial charge in [-0.3, -0.25) is 0 Å².